The van der Waals surface area contributed by atoms with Crippen LogP contribution in [-0.4, -0.2) is 16.8 Å². The van der Waals surface area contributed by atoms with E-state index in [2.05, 4.69) is 15.6 Å². The number of hydrogen-bond donors (Lipinski definition) is 2. The minimum absolute atomic E-state index is 0.234. The summed E-state index contributed by atoms with van der Waals surface area (Å²) in [5.41, 5.74) is 3.65. The third-order valence-corrected chi connectivity index (χ3v) is 4.21. The minimum atomic E-state index is -0.238. The maximum atomic E-state index is 12.6. The van der Waals surface area contributed by atoms with Crippen molar-refractivity contribution < 1.29 is 9.59 Å². The van der Waals surface area contributed by atoms with Crippen LogP contribution in [0.25, 0.3) is 0 Å². The number of benzene rings is 2. The number of nitrogens with one attached hydrogen (secondary N) is 2. The van der Waals surface area contributed by atoms with Crippen molar-refractivity contribution in [3.05, 3.63) is 95.3 Å². The number of nitrogens with zero attached hydrogens (tertiary/aromatic N) is 1. The first-order valence-corrected chi connectivity index (χ1v) is 8.84. The van der Waals surface area contributed by atoms with Gasteiger partial charge in [-0.25, -0.2) is 0 Å². The summed E-state index contributed by atoms with van der Waals surface area (Å²) in [6.45, 7) is 2.42. The average Bonchev–Trinajstić information content (AvgIpc) is 2.73. The molecule has 5 nitrogen and oxygen atoms in total. The molecule has 0 aliphatic rings. The molecule has 1 heterocycles. The van der Waals surface area contributed by atoms with E-state index in [1.807, 2.05) is 43.3 Å². The number of hydrogen-bond acceptors (Lipinski definition) is 3. The zero-order chi connectivity index (χ0) is 19.1. The molecule has 0 fully saturated rings. The molecule has 0 saturated carbocycles. The van der Waals surface area contributed by atoms with Gasteiger partial charge in [-0.2, -0.15) is 0 Å². The highest BCUT2D eigenvalue weighted by Gasteiger charge is 2.12. The van der Waals surface area contributed by atoms with E-state index in [9.17, 15) is 9.59 Å². The molecule has 2 aromatic carbocycles. The Morgan fingerprint density at radius 3 is 2.44 bits per heavy atom. The molecule has 0 spiro atoms. The van der Waals surface area contributed by atoms with Crippen LogP contribution in [0.15, 0.2) is 73.1 Å². The van der Waals surface area contributed by atoms with Crippen molar-refractivity contribution >= 4 is 17.5 Å². The number of amides is 2. The number of rotatable bonds is 6. The molecule has 0 saturated heterocycles. The first-order chi connectivity index (χ1) is 13.2. The summed E-state index contributed by atoms with van der Waals surface area (Å²) < 4.78 is 0. The molecular formula is C22H21N3O2. The quantitative estimate of drug-likeness (QED) is 0.703. The SMILES string of the molecule is CCc1ccccc1NC(=O)c1cccc(C(=O)NCc2cccnc2)c1. The zero-order valence-corrected chi connectivity index (χ0v) is 15.1. The Labute approximate surface area is 158 Å². The van der Waals surface area contributed by atoms with E-state index in [1.165, 1.54) is 0 Å². The van der Waals surface area contributed by atoms with Gasteiger partial charge in [0.1, 0.15) is 0 Å². The van der Waals surface area contributed by atoms with Gasteiger partial charge >= 0.3 is 0 Å². The van der Waals surface area contributed by atoms with Crippen LogP contribution in [-0.2, 0) is 13.0 Å². The van der Waals surface area contributed by atoms with Gasteiger partial charge in [-0.15, -0.1) is 0 Å². The summed E-state index contributed by atoms with van der Waals surface area (Å²) in [6, 6.07) is 18.1. The minimum Gasteiger partial charge on any atom is -0.348 e. The van der Waals surface area contributed by atoms with Crippen molar-refractivity contribution in [3.8, 4) is 0 Å². The van der Waals surface area contributed by atoms with Gasteiger partial charge in [0.05, 0.1) is 0 Å². The van der Waals surface area contributed by atoms with Gasteiger partial charge < -0.3 is 10.6 Å². The van der Waals surface area contributed by atoms with E-state index in [0.717, 1.165) is 23.2 Å². The van der Waals surface area contributed by atoms with Gasteiger partial charge in [0.25, 0.3) is 11.8 Å². The predicted molar refractivity (Wildman–Crippen MR) is 106 cm³/mol. The van der Waals surface area contributed by atoms with Gasteiger partial charge in [0.15, 0.2) is 0 Å². The van der Waals surface area contributed by atoms with Gasteiger partial charge in [0.2, 0.25) is 0 Å². The lowest BCUT2D eigenvalue weighted by Gasteiger charge is -2.10. The maximum absolute atomic E-state index is 12.6. The Morgan fingerprint density at radius 2 is 1.70 bits per heavy atom. The standard InChI is InChI=1S/C22H21N3O2/c1-2-17-8-3-4-11-20(17)25-22(27)19-10-5-9-18(13-19)21(26)24-15-16-7-6-12-23-14-16/h3-14H,2,15H2,1H3,(H,24,26)(H,25,27). The molecule has 5 heteroatoms. The van der Waals surface area contributed by atoms with Crippen molar-refractivity contribution in [2.24, 2.45) is 0 Å². The van der Waals surface area contributed by atoms with Crippen LogP contribution in [0, 0.1) is 0 Å². The van der Waals surface area contributed by atoms with E-state index in [0.29, 0.717) is 17.7 Å². The smallest absolute Gasteiger partial charge is 0.255 e. The van der Waals surface area contributed by atoms with Crippen LogP contribution in [0.2, 0.25) is 0 Å². The van der Waals surface area contributed by atoms with Crippen LogP contribution in [0.4, 0.5) is 5.69 Å². The summed E-state index contributed by atoms with van der Waals surface area (Å²) in [4.78, 5) is 29.0. The number of anilines is 1. The lowest BCUT2D eigenvalue weighted by atomic mass is 10.1. The van der Waals surface area contributed by atoms with Gasteiger partial charge in [0, 0.05) is 35.8 Å². The lowest BCUT2D eigenvalue weighted by Crippen LogP contribution is -2.23. The molecule has 0 bridgehead atoms. The molecule has 2 amide bonds. The maximum Gasteiger partial charge on any atom is 0.255 e. The van der Waals surface area contributed by atoms with Gasteiger partial charge in [-0.3, -0.25) is 14.6 Å². The molecule has 0 aliphatic heterocycles. The summed E-state index contributed by atoms with van der Waals surface area (Å²) in [6.07, 6.45) is 4.21. The summed E-state index contributed by atoms with van der Waals surface area (Å²) in [7, 11) is 0. The molecular weight excluding hydrogens is 338 g/mol. The Kier molecular flexibility index (Phi) is 5.94. The lowest BCUT2D eigenvalue weighted by molar-refractivity contribution is 0.0951. The Bertz CT molecular complexity index is 939. The third-order valence-electron chi connectivity index (χ3n) is 4.21. The molecule has 3 aromatic rings. The molecule has 136 valence electrons. The van der Waals surface area contributed by atoms with Crippen molar-refractivity contribution in [2.45, 2.75) is 19.9 Å². The van der Waals surface area contributed by atoms with Crippen LogP contribution >= 0.6 is 0 Å². The van der Waals surface area contributed by atoms with E-state index in [1.54, 1.807) is 36.7 Å². The highest BCUT2D eigenvalue weighted by Crippen LogP contribution is 2.17. The summed E-state index contributed by atoms with van der Waals surface area (Å²) >= 11 is 0. The number of aromatic nitrogens is 1. The van der Waals surface area contributed by atoms with Crippen LogP contribution in [0.5, 0.6) is 0 Å². The fraction of sp³-hybridized carbons (Fsp3) is 0.136. The third kappa shape index (κ3) is 4.79. The summed E-state index contributed by atoms with van der Waals surface area (Å²) in [5, 5.41) is 5.76. The Hall–Kier alpha value is -3.47. The van der Waals surface area contributed by atoms with E-state index >= 15 is 0 Å². The van der Waals surface area contributed by atoms with E-state index in [4.69, 9.17) is 0 Å². The first kappa shape index (κ1) is 18.3. The highest BCUT2D eigenvalue weighted by atomic mass is 16.2. The fourth-order valence-corrected chi connectivity index (χ4v) is 2.73. The first-order valence-electron chi connectivity index (χ1n) is 8.84. The normalized spacial score (nSPS) is 10.3. The second kappa shape index (κ2) is 8.76. The van der Waals surface area contributed by atoms with Crippen molar-refractivity contribution in [3.63, 3.8) is 0 Å². The topological polar surface area (TPSA) is 71.1 Å². The van der Waals surface area contributed by atoms with E-state index in [-0.39, 0.29) is 11.8 Å². The molecule has 2 N–H and O–H groups in total. The second-order valence-electron chi connectivity index (χ2n) is 6.09. The Balaban J connectivity index is 1.69. The summed E-state index contributed by atoms with van der Waals surface area (Å²) in [5.74, 6) is -0.472. The van der Waals surface area contributed by atoms with Crippen molar-refractivity contribution in [1.29, 1.82) is 0 Å². The predicted octanol–water partition coefficient (Wildman–Crippen LogP) is 3.83. The molecule has 27 heavy (non-hydrogen) atoms. The zero-order valence-electron chi connectivity index (χ0n) is 15.1. The van der Waals surface area contributed by atoms with Gasteiger partial charge in [-0.1, -0.05) is 37.3 Å². The number of pyridine rings is 1. The van der Waals surface area contributed by atoms with Crippen molar-refractivity contribution in [1.82, 2.24) is 10.3 Å². The average molecular weight is 359 g/mol. The molecule has 0 aliphatic carbocycles. The largest absolute Gasteiger partial charge is 0.348 e. The monoisotopic (exact) mass is 359 g/mol. The fourth-order valence-electron chi connectivity index (χ4n) is 2.73. The highest BCUT2D eigenvalue weighted by molar-refractivity contribution is 6.06. The van der Waals surface area contributed by atoms with E-state index < -0.39 is 0 Å². The number of carbonyl (C=O) groups is 2. The van der Waals surface area contributed by atoms with Gasteiger partial charge in [-0.05, 0) is 47.9 Å². The van der Waals surface area contributed by atoms with Crippen LogP contribution < -0.4 is 10.6 Å². The number of para-hydroxylation sites is 1. The molecule has 3 rings (SSSR count). The van der Waals surface area contributed by atoms with Crippen molar-refractivity contribution in [2.75, 3.05) is 5.32 Å². The second-order valence-corrected chi connectivity index (χ2v) is 6.09. The molecule has 0 unspecified atom stereocenters. The molecule has 1 aromatic heterocycles. The van der Waals surface area contributed by atoms with Crippen LogP contribution in [0.3, 0.4) is 0 Å². The number of aryl methyl sites for hydroxylation is 1. The van der Waals surface area contributed by atoms with Crippen LogP contribution in [0.1, 0.15) is 38.8 Å². The number of carbonyl (C=O) groups excluding carboxylic acids is 2. The molecule has 0 atom stereocenters. The Morgan fingerprint density at radius 1 is 0.926 bits per heavy atom. The molecule has 0 radical (unpaired) electrons.